The van der Waals surface area contributed by atoms with Gasteiger partial charge in [-0.2, -0.15) is 0 Å². The molecule has 0 atom stereocenters. The van der Waals surface area contributed by atoms with Gasteiger partial charge in [0.15, 0.2) is 5.17 Å². The van der Waals surface area contributed by atoms with Crippen LogP contribution in [0.1, 0.15) is 5.56 Å². The van der Waals surface area contributed by atoms with Crippen molar-refractivity contribution >= 4 is 44.3 Å². The molecule has 0 amide bonds. The molecule has 0 aromatic heterocycles. The molecule has 1 aromatic carbocycles. The summed E-state index contributed by atoms with van der Waals surface area (Å²) in [6.45, 7) is 0. The Morgan fingerprint density at radius 2 is 2.17 bits per heavy atom. The number of rotatable bonds is 1. The van der Waals surface area contributed by atoms with Crippen molar-refractivity contribution in [3.63, 3.8) is 0 Å². The quantitative estimate of drug-likeness (QED) is 0.472. The highest BCUT2D eigenvalue weighted by molar-refractivity contribution is 9.10. The molecular formula is C7H4BrCl2NO. The summed E-state index contributed by atoms with van der Waals surface area (Å²) in [6.07, 6.45) is 0. The molecule has 0 bridgehead atoms. The average molecular weight is 269 g/mol. The van der Waals surface area contributed by atoms with E-state index in [4.69, 9.17) is 28.4 Å². The van der Waals surface area contributed by atoms with Crippen molar-refractivity contribution < 1.29 is 5.21 Å². The van der Waals surface area contributed by atoms with E-state index >= 15 is 0 Å². The number of hydrogen-bond acceptors (Lipinski definition) is 2. The zero-order valence-electron chi connectivity index (χ0n) is 5.76. The molecule has 0 aliphatic rings. The number of halogens is 3. The van der Waals surface area contributed by atoms with Crippen LogP contribution in [0.3, 0.4) is 0 Å². The maximum absolute atomic E-state index is 8.39. The monoisotopic (exact) mass is 267 g/mol. The van der Waals surface area contributed by atoms with Crippen LogP contribution in [0.2, 0.25) is 5.02 Å². The van der Waals surface area contributed by atoms with E-state index in [1.54, 1.807) is 18.2 Å². The van der Waals surface area contributed by atoms with E-state index in [0.717, 1.165) is 0 Å². The molecule has 0 saturated carbocycles. The molecule has 0 unspecified atom stereocenters. The Kier molecular flexibility index (Phi) is 3.38. The second-order valence-corrected chi connectivity index (χ2v) is 3.58. The topological polar surface area (TPSA) is 32.6 Å². The maximum Gasteiger partial charge on any atom is 0.176 e. The Labute approximate surface area is 87.9 Å². The summed E-state index contributed by atoms with van der Waals surface area (Å²) >= 11 is 14.6. The van der Waals surface area contributed by atoms with Crippen LogP contribution in [0.25, 0.3) is 0 Å². The van der Waals surface area contributed by atoms with E-state index in [9.17, 15) is 0 Å². The van der Waals surface area contributed by atoms with E-state index in [1.165, 1.54) is 0 Å². The molecule has 1 aromatic rings. The Morgan fingerprint density at radius 3 is 2.75 bits per heavy atom. The van der Waals surface area contributed by atoms with E-state index in [0.29, 0.717) is 15.1 Å². The first kappa shape index (κ1) is 9.84. The Hall–Kier alpha value is -0.250. The van der Waals surface area contributed by atoms with Crippen LogP contribution in [-0.2, 0) is 0 Å². The van der Waals surface area contributed by atoms with E-state index in [-0.39, 0.29) is 5.17 Å². The molecule has 12 heavy (non-hydrogen) atoms. The fourth-order valence-electron chi connectivity index (χ4n) is 0.717. The first-order valence-electron chi connectivity index (χ1n) is 2.98. The number of benzene rings is 1. The lowest BCUT2D eigenvalue weighted by atomic mass is 10.2. The number of hydrogen-bond donors (Lipinski definition) is 1. The minimum atomic E-state index is -0.0266. The SMILES string of the molecule is ON=C(Cl)c1cccc(Br)c1Cl. The average Bonchev–Trinajstić information content (AvgIpc) is 2.08. The van der Waals surface area contributed by atoms with Crippen LogP contribution >= 0.6 is 39.1 Å². The van der Waals surface area contributed by atoms with Gasteiger partial charge in [0.25, 0.3) is 0 Å². The first-order valence-corrected chi connectivity index (χ1v) is 4.53. The summed E-state index contributed by atoms with van der Waals surface area (Å²) in [5, 5.41) is 11.6. The minimum Gasteiger partial charge on any atom is -0.410 e. The van der Waals surface area contributed by atoms with Gasteiger partial charge < -0.3 is 5.21 Å². The molecule has 5 heteroatoms. The molecule has 0 spiro atoms. The summed E-state index contributed by atoms with van der Waals surface area (Å²) in [4.78, 5) is 0. The Bertz CT molecular complexity index is 327. The highest BCUT2D eigenvalue weighted by Crippen LogP contribution is 2.27. The van der Waals surface area contributed by atoms with E-state index < -0.39 is 0 Å². The van der Waals surface area contributed by atoms with Gasteiger partial charge in [0, 0.05) is 10.0 Å². The summed E-state index contributed by atoms with van der Waals surface area (Å²) in [7, 11) is 0. The highest BCUT2D eigenvalue weighted by Gasteiger charge is 2.07. The third-order valence-electron chi connectivity index (χ3n) is 1.26. The summed E-state index contributed by atoms with van der Waals surface area (Å²) in [5.74, 6) is 0. The zero-order chi connectivity index (χ0) is 9.14. The molecule has 0 aliphatic carbocycles. The van der Waals surface area contributed by atoms with Crippen molar-refractivity contribution in [2.75, 3.05) is 0 Å². The molecule has 0 saturated heterocycles. The summed E-state index contributed by atoms with van der Waals surface area (Å²) in [6, 6.07) is 5.18. The number of nitrogens with zero attached hydrogens (tertiary/aromatic N) is 1. The predicted octanol–water partition coefficient (Wildman–Crippen LogP) is 3.48. The zero-order valence-corrected chi connectivity index (χ0v) is 8.86. The van der Waals surface area contributed by atoms with Crippen LogP contribution < -0.4 is 0 Å². The Balaban J connectivity index is 3.26. The van der Waals surface area contributed by atoms with Crippen molar-refractivity contribution in [2.24, 2.45) is 5.16 Å². The molecule has 64 valence electrons. The first-order chi connectivity index (χ1) is 5.66. The standard InChI is InChI=1S/C7H4BrCl2NO/c8-5-3-1-2-4(6(5)9)7(10)11-12/h1-3,12H. The largest absolute Gasteiger partial charge is 0.410 e. The van der Waals surface area contributed by atoms with Gasteiger partial charge >= 0.3 is 0 Å². The lowest BCUT2D eigenvalue weighted by Crippen LogP contribution is -1.92. The molecular weight excluding hydrogens is 265 g/mol. The Morgan fingerprint density at radius 1 is 1.50 bits per heavy atom. The molecule has 2 nitrogen and oxygen atoms in total. The van der Waals surface area contributed by atoms with Crippen LogP contribution in [0.4, 0.5) is 0 Å². The van der Waals surface area contributed by atoms with Crippen molar-refractivity contribution in [3.05, 3.63) is 33.3 Å². The van der Waals surface area contributed by atoms with E-state index in [1.807, 2.05) is 0 Å². The van der Waals surface area contributed by atoms with Crippen LogP contribution in [0.15, 0.2) is 27.8 Å². The third kappa shape index (κ3) is 1.91. The number of oxime groups is 1. The van der Waals surface area contributed by atoms with Gasteiger partial charge in [-0.15, -0.1) is 0 Å². The second-order valence-electron chi connectivity index (χ2n) is 1.99. The molecule has 0 heterocycles. The van der Waals surface area contributed by atoms with Gasteiger partial charge in [-0.05, 0) is 22.0 Å². The maximum atomic E-state index is 8.39. The van der Waals surface area contributed by atoms with Gasteiger partial charge in [-0.1, -0.05) is 40.5 Å². The predicted molar refractivity (Wildman–Crippen MR) is 53.3 cm³/mol. The van der Waals surface area contributed by atoms with Crippen LogP contribution in [0.5, 0.6) is 0 Å². The fraction of sp³-hybridized carbons (Fsp3) is 0. The molecule has 1 rings (SSSR count). The van der Waals surface area contributed by atoms with Gasteiger partial charge in [0.05, 0.1) is 5.02 Å². The smallest absolute Gasteiger partial charge is 0.176 e. The van der Waals surface area contributed by atoms with Crippen molar-refractivity contribution in [1.29, 1.82) is 0 Å². The van der Waals surface area contributed by atoms with Crippen LogP contribution in [0, 0.1) is 0 Å². The van der Waals surface area contributed by atoms with E-state index in [2.05, 4.69) is 21.1 Å². The fourth-order valence-corrected chi connectivity index (χ4v) is 1.50. The molecule has 0 fully saturated rings. The summed E-state index contributed by atoms with van der Waals surface area (Å²) < 4.78 is 0.712. The van der Waals surface area contributed by atoms with Gasteiger partial charge in [0.2, 0.25) is 0 Å². The van der Waals surface area contributed by atoms with Crippen molar-refractivity contribution in [1.82, 2.24) is 0 Å². The van der Waals surface area contributed by atoms with Crippen molar-refractivity contribution in [3.8, 4) is 0 Å². The second kappa shape index (κ2) is 4.12. The highest BCUT2D eigenvalue weighted by atomic mass is 79.9. The van der Waals surface area contributed by atoms with Crippen molar-refractivity contribution in [2.45, 2.75) is 0 Å². The normalized spacial score (nSPS) is 11.8. The minimum absolute atomic E-state index is 0.0266. The molecule has 1 N–H and O–H groups in total. The lowest BCUT2D eigenvalue weighted by Gasteiger charge is -2.01. The molecule has 0 radical (unpaired) electrons. The third-order valence-corrected chi connectivity index (χ3v) is 2.84. The van der Waals surface area contributed by atoms with Gasteiger partial charge in [0.1, 0.15) is 0 Å². The lowest BCUT2D eigenvalue weighted by molar-refractivity contribution is 0.321. The van der Waals surface area contributed by atoms with Crippen LogP contribution in [-0.4, -0.2) is 10.4 Å². The van der Waals surface area contributed by atoms with Gasteiger partial charge in [-0.3, -0.25) is 0 Å². The van der Waals surface area contributed by atoms with Gasteiger partial charge in [-0.25, -0.2) is 0 Å². The summed E-state index contributed by atoms with van der Waals surface area (Å²) in [5.41, 5.74) is 0.496. The molecule has 0 aliphatic heterocycles.